The van der Waals surface area contributed by atoms with Gasteiger partial charge < -0.3 is 4.90 Å². The number of hydrogen-bond donors (Lipinski definition) is 0. The van der Waals surface area contributed by atoms with Crippen molar-refractivity contribution in [2.24, 2.45) is 0 Å². The lowest BCUT2D eigenvalue weighted by Gasteiger charge is -2.18. The Morgan fingerprint density at radius 1 is 1.11 bits per heavy atom. The van der Waals surface area contributed by atoms with Crippen LogP contribution >= 0.6 is 11.8 Å². The highest BCUT2D eigenvalue weighted by Crippen LogP contribution is 2.23. The van der Waals surface area contributed by atoms with Gasteiger partial charge in [0.15, 0.2) is 5.16 Å². The summed E-state index contributed by atoms with van der Waals surface area (Å²) in [4.78, 5) is 14.3. The van der Waals surface area contributed by atoms with E-state index in [1.165, 1.54) is 28.5 Å². The van der Waals surface area contributed by atoms with Gasteiger partial charge in [0.25, 0.3) is 0 Å². The van der Waals surface area contributed by atoms with Crippen molar-refractivity contribution in [1.29, 1.82) is 0 Å². The minimum Gasteiger partial charge on any atom is -0.341 e. The van der Waals surface area contributed by atoms with E-state index in [0.717, 1.165) is 17.3 Å². The van der Waals surface area contributed by atoms with Crippen molar-refractivity contribution < 1.29 is 4.79 Å². The van der Waals surface area contributed by atoms with Crippen LogP contribution < -0.4 is 0 Å². The second kappa shape index (κ2) is 8.86. The van der Waals surface area contributed by atoms with Gasteiger partial charge in [-0.2, -0.15) is 0 Å². The first-order valence-electron chi connectivity index (χ1n) is 8.99. The highest BCUT2D eigenvalue weighted by atomic mass is 32.2. The molecule has 0 saturated carbocycles. The maximum absolute atomic E-state index is 12.6. The molecule has 6 heteroatoms. The Hall–Kier alpha value is -2.60. The molecule has 1 aromatic heterocycles. The van der Waals surface area contributed by atoms with Crippen LogP contribution in [0.15, 0.2) is 60.0 Å². The van der Waals surface area contributed by atoms with E-state index in [-0.39, 0.29) is 5.91 Å². The molecule has 0 atom stereocenters. The molecule has 0 N–H and O–H groups in total. The summed E-state index contributed by atoms with van der Waals surface area (Å²) in [5.74, 6) is 0.400. The average molecular weight is 381 g/mol. The molecule has 140 valence electrons. The molecule has 1 amide bonds. The van der Waals surface area contributed by atoms with Crippen LogP contribution in [0.3, 0.4) is 0 Å². The number of para-hydroxylation sites is 1. The van der Waals surface area contributed by atoms with Gasteiger partial charge in [0.05, 0.1) is 11.4 Å². The molecular formula is C21H24N4OS. The first-order chi connectivity index (χ1) is 13.1. The van der Waals surface area contributed by atoms with Crippen LogP contribution in [0.2, 0.25) is 0 Å². The number of aryl methyl sites for hydroxylation is 2. The molecule has 0 aliphatic heterocycles. The van der Waals surface area contributed by atoms with Crippen LogP contribution in [0.4, 0.5) is 0 Å². The lowest BCUT2D eigenvalue weighted by atomic mass is 10.1. The molecule has 0 saturated heterocycles. The van der Waals surface area contributed by atoms with Gasteiger partial charge in [-0.15, -0.1) is 10.2 Å². The maximum Gasteiger partial charge on any atom is 0.233 e. The van der Waals surface area contributed by atoms with Gasteiger partial charge in [-0.1, -0.05) is 61.2 Å². The number of nitrogens with zero attached hydrogens (tertiary/aromatic N) is 4. The van der Waals surface area contributed by atoms with Gasteiger partial charge in [-0.3, -0.25) is 9.36 Å². The van der Waals surface area contributed by atoms with Crippen molar-refractivity contribution in [3.63, 3.8) is 0 Å². The van der Waals surface area contributed by atoms with E-state index in [9.17, 15) is 4.79 Å². The molecule has 5 nitrogen and oxygen atoms in total. The molecular weight excluding hydrogens is 356 g/mol. The summed E-state index contributed by atoms with van der Waals surface area (Å²) >= 11 is 1.42. The minimum absolute atomic E-state index is 0.0709. The first-order valence-corrected chi connectivity index (χ1v) is 9.98. The second-order valence-electron chi connectivity index (χ2n) is 6.43. The predicted molar refractivity (Wildman–Crippen MR) is 109 cm³/mol. The van der Waals surface area contributed by atoms with Crippen LogP contribution in [0, 0.1) is 6.92 Å². The lowest BCUT2D eigenvalue weighted by Crippen LogP contribution is -2.28. The summed E-state index contributed by atoms with van der Waals surface area (Å²) in [5, 5.41) is 8.98. The van der Waals surface area contributed by atoms with Crippen LogP contribution in [-0.4, -0.2) is 38.4 Å². The number of hydrogen-bond acceptors (Lipinski definition) is 4. The monoisotopic (exact) mass is 380 g/mol. The summed E-state index contributed by atoms with van der Waals surface area (Å²) in [6, 6.07) is 16.3. The normalized spacial score (nSPS) is 10.8. The fourth-order valence-electron chi connectivity index (χ4n) is 2.90. The Kier molecular flexibility index (Phi) is 6.29. The van der Waals surface area contributed by atoms with E-state index >= 15 is 0 Å². The van der Waals surface area contributed by atoms with Crippen molar-refractivity contribution in [3.8, 4) is 5.69 Å². The Bertz CT molecular complexity index is 922. The number of aromatic nitrogens is 3. The molecule has 27 heavy (non-hydrogen) atoms. The predicted octanol–water partition coefficient (Wildman–Crippen LogP) is 3.89. The van der Waals surface area contributed by atoms with Crippen molar-refractivity contribution in [2.45, 2.75) is 32.0 Å². The SMILES string of the molecule is CCc1ccccc1-n1cnnc1SCC(=O)N(C)Cc1ccccc1C. The molecule has 3 aromatic rings. The van der Waals surface area contributed by atoms with E-state index in [1.54, 1.807) is 11.2 Å². The van der Waals surface area contributed by atoms with E-state index in [2.05, 4.69) is 48.3 Å². The van der Waals surface area contributed by atoms with Gasteiger partial charge in [-0.25, -0.2) is 0 Å². The molecule has 0 fully saturated rings. The minimum atomic E-state index is 0.0709. The first kappa shape index (κ1) is 19.2. The fourth-order valence-corrected chi connectivity index (χ4v) is 3.76. The molecule has 0 bridgehead atoms. The van der Waals surface area contributed by atoms with Gasteiger partial charge >= 0.3 is 0 Å². The van der Waals surface area contributed by atoms with Crippen molar-refractivity contribution in [1.82, 2.24) is 19.7 Å². The number of amides is 1. The molecule has 0 aliphatic carbocycles. The highest BCUT2D eigenvalue weighted by Gasteiger charge is 2.15. The third-order valence-corrected chi connectivity index (χ3v) is 5.50. The number of rotatable bonds is 7. The molecule has 0 unspecified atom stereocenters. The lowest BCUT2D eigenvalue weighted by molar-refractivity contribution is -0.127. The Morgan fingerprint density at radius 2 is 1.81 bits per heavy atom. The number of carbonyl (C=O) groups is 1. The van der Waals surface area contributed by atoms with Gasteiger partial charge in [0.1, 0.15) is 6.33 Å². The molecule has 0 spiro atoms. The van der Waals surface area contributed by atoms with Crippen LogP contribution in [0.5, 0.6) is 0 Å². The zero-order valence-corrected chi connectivity index (χ0v) is 16.7. The standard InChI is InChI=1S/C21H24N4OS/c1-4-17-10-7-8-12-19(17)25-15-22-23-21(25)27-14-20(26)24(3)13-18-11-6-5-9-16(18)2/h5-12,15H,4,13-14H2,1-3H3. The Morgan fingerprint density at radius 3 is 2.56 bits per heavy atom. The van der Waals surface area contributed by atoms with Crippen molar-refractivity contribution >= 4 is 17.7 Å². The molecule has 0 radical (unpaired) electrons. The Labute approximate surface area is 164 Å². The summed E-state index contributed by atoms with van der Waals surface area (Å²) in [5.41, 5.74) is 4.65. The summed E-state index contributed by atoms with van der Waals surface area (Å²) in [6.45, 7) is 4.80. The van der Waals surface area contributed by atoms with Gasteiger partial charge in [0, 0.05) is 13.6 Å². The highest BCUT2D eigenvalue weighted by molar-refractivity contribution is 7.99. The summed E-state index contributed by atoms with van der Waals surface area (Å²) in [6.07, 6.45) is 2.63. The quantitative estimate of drug-likeness (QED) is 0.584. The van der Waals surface area contributed by atoms with Crippen LogP contribution in [0.25, 0.3) is 5.69 Å². The third kappa shape index (κ3) is 4.57. The number of thioether (sulfide) groups is 1. The fraction of sp³-hybridized carbons (Fsp3) is 0.286. The molecule has 0 aliphatic rings. The number of carbonyl (C=O) groups excluding carboxylic acids is 1. The molecule has 2 aromatic carbocycles. The van der Waals surface area contributed by atoms with E-state index in [1.807, 2.05) is 35.9 Å². The summed E-state index contributed by atoms with van der Waals surface area (Å²) in [7, 11) is 1.84. The molecule has 1 heterocycles. The third-order valence-electron chi connectivity index (χ3n) is 4.57. The van der Waals surface area contributed by atoms with Crippen molar-refractivity contribution in [2.75, 3.05) is 12.8 Å². The zero-order chi connectivity index (χ0) is 19.2. The van der Waals surface area contributed by atoms with Gasteiger partial charge in [-0.05, 0) is 36.1 Å². The zero-order valence-electron chi connectivity index (χ0n) is 15.9. The van der Waals surface area contributed by atoms with Crippen LogP contribution in [-0.2, 0) is 17.8 Å². The van der Waals surface area contributed by atoms with Crippen molar-refractivity contribution in [3.05, 3.63) is 71.5 Å². The number of benzene rings is 2. The topological polar surface area (TPSA) is 51.0 Å². The van der Waals surface area contributed by atoms with E-state index < -0.39 is 0 Å². The molecule has 3 rings (SSSR count). The van der Waals surface area contributed by atoms with E-state index in [4.69, 9.17) is 0 Å². The largest absolute Gasteiger partial charge is 0.341 e. The van der Waals surface area contributed by atoms with Crippen LogP contribution in [0.1, 0.15) is 23.6 Å². The van der Waals surface area contributed by atoms with Gasteiger partial charge in [0.2, 0.25) is 5.91 Å². The smallest absolute Gasteiger partial charge is 0.233 e. The Balaban J connectivity index is 1.66. The average Bonchev–Trinajstić information content (AvgIpc) is 3.16. The maximum atomic E-state index is 12.6. The van der Waals surface area contributed by atoms with E-state index in [0.29, 0.717) is 12.3 Å². The summed E-state index contributed by atoms with van der Waals surface area (Å²) < 4.78 is 1.96. The second-order valence-corrected chi connectivity index (χ2v) is 7.37.